The SMILES string of the molecule is COc1ccc(CNC(=O)c2cc(C3=NO[C@H]([C@H]4CO[C@@H](CO)CO4)C3)nc(C)n2)cc1. The Morgan fingerprint density at radius 2 is 2.00 bits per heavy atom. The molecule has 3 atom stereocenters. The van der Waals surface area contributed by atoms with Crippen molar-refractivity contribution in [3.8, 4) is 5.75 Å². The van der Waals surface area contributed by atoms with Gasteiger partial charge in [-0.2, -0.15) is 0 Å². The van der Waals surface area contributed by atoms with Crippen LogP contribution >= 0.6 is 0 Å². The fourth-order valence-electron chi connectivity index (χ4n) is 3.47. The summed E-state index contributed by atoms with van der Waals surface area (Å²) in [5.74, 6) is 0.918. The summed E-state index contributed by atoms with van der Waals surface area (Å²) in [6, 6.07) is 9.07. The quantitative estimate of drug-likeness (QED) is 0.651. The molecule has 2 aliphatic heterocycles. The molecule has 0 radical (unpaired) electrons. The first-order valence-corrected chi connectivity index (χ1v) is 10.4. The predicted molar refractivity (Wildman–Crippen MR) is 114 cm³/mol. The number of aliphatic hydroxyl groups excluding tert-OH is 1. The number of aromatic nitrogens is 2. The second kappa shape index (κ2) is 10.0. The molecule has 1 amide bonds. The number of nitrogens with zero attached hydrogens (tertiary/aromatic N) is 3. The molecule has 0 aliphatic carbocycles. The van der Waals surface area contributed by atoms with Crippen molar-refractivity contribution in [3.05, 3.63) is 53.1 Å². The van der Waals surface area contributed by atoms with E-state index in [0.29, 0.717) is 43.4 Å². The molecule has 4 rings (SSSR count). The minimum atomic E-state index is -0.313. The number of rotatable bonds is 7. The molecule has 2 N–H and O–H groups in total. The Labute approximate surface area is 185 Å². The highest BCUT2D eigenvalue weighted by molar-refractivity contribution is 6.02. The van der Waals surface area contributed by atoms with E-state index < -0.39 is 0 Å². The fraction of sp³-hybridized carbons (Fsp3) is 0.455. The second-order valence-corrected chi connectivity index (χ2v) is 7.61. The molecule has 10 nitrogen and oxygen atoms in total. The van der Waals surface area contributed by atoms with E-state index >= 15 is 0 Å². The highest BCUT2D eigenvalue weighted by Gasteiger charge is 2.35. The monoisotopic (exact) mass is 442 g/mol. The van der Waals surface area contributed by atoms with E-state index in [9.17, 15) is 4.79 Å². The van der Waals surface area contributed by atoms with Crippen LogP contribution in [0.15, 0.2) is 35.5 Å². The highest BCUT2D eigenvalue weighted by Crippen LogP contribution is 2.23. The second-order valence-electron chi connectivity index (χ2n) is 7.61. The number of aliphatic hydroxyl groups is 1. The van der Waals surface area contributed by atoms with Crippen molar-refractivity contribution >= 4 is 11.6 Å². The van der Waals surface area contributed by atoms with Crippen LogP contribution in [0.1, 0.15) is 34.0 Å². The summed E-state index contributed by atoms with van der Waals surface area (Å²) in [6.07, 6.45) is -0.431. The Hall–Kier alpha value is -3.08. The Kier molecular flexibility index (Phi) is 6.93. The van der Waals surface area contributed by atoms with Crippen LogP contribution in [-0.2, 0) is 20.9 Å². The molecular formula is C22H26N4O6. The normalized spacial score (nSPS) is 22.7. The van der Waals surface area contributed by atoms with Gasteiger partial charge in [0.25, 0.3) is 5.91 Å². The lowest BCUT2D eigenvalue weighted by atomic mass is 10.0. The number of ether oxygens (including phenoxy) is 3. The lowest BCUT2D eigenvalue weighted by Crippen LogP contribution is -2.43. The number of methoxy groups -OCH3 is 1. The number of oxime groups is 1. The third-order valence-electron chi connectivity index (χ3n) is 5.28. The molecule has 1 fully saturated rings. The van der Waals surface area contributed by atoms with Gasteiger partial charge in [0.05, 0.1) is 32.6 Å². The van der Waals surface area contributed by atoms with E-state index in [-0.39, 0.29) is 36.5 Å². The molecule has 0 unspecified atom stereocenters. The van der Waals surface area contributed by atoms with Crippen molar-refractivity contribution in [2.24, 2.45) is 5.16 Å². The van der Waals surface area contributed by atoms with Gasteiger partial charge in [-0.3, -0.25) is 4.79 Å². The van der Waals surface area contributed by atoms with Gasteiger partial charge in [-0.15, -0.1) is 0 Å². The van der Waals surface area contributed by atoms with E-state index in [0.717, 1.165) is 11.3 Å². The third kappa shape index (κ3) is 5.21. The molecule has 1 saturated heterocycles. The molecule has 0 spiro atoms. The Balaban J connectivity index is 1.37. The first-order valence-electron chi connectivity index (χ1n) is 10.4. The maximum Gasteiger partial charge on any atom is 0.270 e. The summed E-state index contributed by atoms with van der Waals surface area (Å²) in [4.78, 5) is 26.9. The number of carbonyl (C=O) groups is 1. The van der Waals surface area contributed by atoms with E-state index in [1.54, 1.807) is 20.1 Å². The summed E-state index contributed by atoms with van der Waals surface area (Å²) < 4.78 is 16.4. The summed E-state index contributed by atoms with van der Waals surface area (Å²) in [7, 11) is 1.61. The lowest BCUT2D eigenvalue weighted by Gasteiger charge is -2.30. The van der Waals surface area contributed by atoms with E-state index in [1.165, 1.54) is 0 Å². The topological polar surface area (TPSA) is 124 Å². The van der Waals surface area contributed by atoms with Crippen LogP contribution in [0.2, 0.25) is 0 Å². The van der Waals surface area contributed by atoms with Gasteiger partial charge in [-0.1, -0.05) is 17.3 Å². The number of hydrogen-bond acceptors (Lipinski definition) is 9. The molecule has 10 heteroatoms. The van der Waals surface area contributed by atoms with Crippen LogP contribution in [0, 0.1) is 6.92 Å². The Morgan fingerprint density at radius 3 is 2.69 bits per heavy atom. The van der Waals surface area contributed by atoms with Crippen LogP contribution in [0.5, 0.6) is 5.75 Å². The van der Waals surface area contributed by atoms with Gasteiger partial charge >= 0.3 is 0 Å². The van der Waals surface area contributed by atoms with Gasteiger partial charge < -0.3 is 29.5 Å². The molecule has 2 aliphatic rings. The maximum atomic E-state index is 12.7. The number of nitrogens with one attached hydrogen (secondary N) is 1. The van der Waals surface area contributed by atoms with Crippen molar-refractivity contribution in [2.45, 2.75) is 38.2 Å². The van der Waals surface area contributed by atoms with Gasteiger partial charge in [0.2, 0.25) is 0 Å². The fourth-order valence-corrected chi connectivity index (χ4v) is 3.47. The van der Waals surface area contributed by atoms with Gasteiger partial charge in [0, 0.05) is 13.0 Å². The van der Waals surface area contributed by atoms with Gasteiger partial charge in [0.1, 0.15) is 35.2 Å². The predicted octanol–water partition coefficient (Wildman–Crippen LogP) is 0.993. The summed E-state index contributed by atoms with van der Waals surface area (Å²) in [5, 5.41) is 16.2. The number of aryl methyl sites for hydroxylation is 1. The molecule has 170 valence electrons. The van der Waals surface area contributed by atoms with E-state index in [4.69, 9.17) is 24.2 Å². The van der Waals surface area contributed by atoms with Crippen molar-refractivity contribution < 1.29 is 28.9 Å². The average molecular weight is 442 g/mol. The Morgan fingerprint density at radius 1 is 1.19 bits per heavy atom. The minimum Gasteiger partial charge on any atom is -0.497 e. The third-order valence-corrected chi connectivity index (χ3v) is 5.28. The van der Waals surface area contributed by atoms with Crippen LogP contribution in [-0.4, -0.2) is 71.9 Å². The first-order chi connectivity index (χ1) is 15.6. The van der Waals surface area contributed by atoms with Gasteiger partial charge in [0.15, 0.2) is 6.10 Å². The van der Waals surface area contributed by atoms with Gasteiger partial charge in [-0.25, -0.2) is 9.97 Å². The molecular weight excluding hydrogens is 416 g/mol. The molecule has 3 heterocycles. The summed E-state index contributed by atoms with van der Waals surface area (Å²) >= 11 is 0. The first kappa shape index (κ1) is 22.1. The minimum absolute atomic E-state index is 0.0798. The molecule has 2 aromatic rings. The number of hydrogen-bond donors (Lipinski definition) is 2. The highest BCUT2D eigenvalue weighted by atomic mass is 16.7. The lowest BCUT2D eigenvalue weighted by molar-refractivity contribution is -0.178. The van der Waals surface area contributed by atoms with Crippen molar-refractivity contribution in [1.29, 1.82) is 0 Å². The average Bonchev–Trinajstić information content (AvgIpc) is 3.33. The number of amides is 1. The Bertz CT molecular complexity index is 973. The molecule has 1 aromatic carbocycles. The van der Waals surface area contributed by atoms with Crippen molar-refractivity contribution in [1.82, 2.24) is 15.3 Å². The summed E-state index contributed by atoms with van der Waals surface area (Å²) in [5.41, 5.74) is 2.37. The van der Waals surface area contributed by atoms with Crippen LogP contribution in [0.25, 0.3) is 0 Å². The number of benzene rings is 1. The molecule has 0 saturated carbocycles. The van der Waals surface area contributed by atoms with Crippen LogP contribution in [0.4, 0.5) is 0 Å². The van der Waals surface area contributed by atoms with Crippen LogP contribution in [0.3, 0.4) is 0 Å². The van der Waals surface area contributed by atoms with E-state index in [2.05, 4.69) is 20.4 Å². The smallest absolute Gasteiger partial charge is 0.270 e. The molecule has 0 bridgehead atoms. The van der Waals surface area contributed by atoms with E-state index in [1.807, 2.05) is 24.3 Å². The maximum absolute atomic E-state index is 12.7. The zero-order valence-electron chi connectivity index (χ0n) is 18.0. The zero-order valence-corrected chi connectivity index (χ0v) is 18.0. The van der Waals surface area contributed by atoms with Crippen molar-refractivity contribution in [3.63, 3.8) is 0 Å². The largest absolute Gasteiger partial charge is 0.497 e. The molecule has 32 heavy (non-hydrogen) atoms. The van der Waals surface area contributed by atoms with Crippen LogP contribution < -0.4 is 10.1 Å². The summed E-state index contributed by atoms with van der Waals surface area (Å²) in [6.45, 7) is 2.64. The molecule has 1 aromatic heterocycles. The van der Waals surface area contributed by atoms with Crippen molar-refractivity contribution in [2.75, 3.05) is 26.9 Å². The zero-order chi connectivity index (χ0) is 22.5. The number of carbonyl (C=O) groups excluding carboxylic acids is 1. The van der Waals surface area contributed by atoms with Gasteiger partial charge in [-0.05, 0) is 30.7 Å². The standard InChI is InChI=1S/C22H26N4O6/c1-13-24-17(18-8-20(32-26-18)21-12-30-16(10-27)11-31-21)7-19(25-13)22(28)23-9-14-3-5-15(29-2)6-4-14/h3-7,16,20-21,27H,8-12H2,1-2H3,(H,23,28)/t16-,20-,21+/m0/s1.